The van der Waals surface area contributed by atoms with Crippen molar-refractivity contribution in [1.29, 1.82) is 0 Å². The Morgan fingerprint density at radius 2 is 1.83 bits per heavy atom. The highest BCUT2D eigenvalue weighted by atomic mass is 15.2. The number of likely N-dealkylation sites (N-methyl/N-ethyl adjacent to an activating group) is 1. The Hall–Kier alpha value is -0.340. The Morgan fingerprint density at radius 1 is 1.25 bits per heavy atom. The molecule has 0 radical (unpaired) electrons. The molecule has 0 aliphatic carbocycles. The summed E-state index contributed by atoms with van der Waals surface area (Å²) in [6.07, 6.45) is 2.23. The Labute approximate surface area is 75.8 Å². The number of nitrogens with one attached hydrogen (secondary N) is 2. The Morgan fingerprint density at radius 3 is 2.33 bits per heavy atom. The van der Waals surface area contributed by atoms with Crippen LogP contribution in [-0.4, -0.2) is 39.8 Å². The second kappa shape index (κ2) is 4.63. The molecule has 70 valence electrons. The zero-order valence-corrected chi connectivity index (χ0v) is 8.61. The molecule has 1 heterocycles. The molecule has 0 amide bonds. The van der Waals surface area contributed by atoms with Crippen LogP contribution in [0, 0.1) is 0 Å². The van der Waals surface area contributed by atoms with Crippen molar-refractivity contribution in [1.82, 2.24) is 0 Å². The number of rotatable bonds is 2. The molecule has 0 bridgehead atoms. The average Bonchev–Trinajstić information content (AvgIpc) is 2.09. The quantitative estimate of drug-likeness (QED) is 0.460. The lowest BCUT2D eigenvalue weighted by molar-refractivity contribution is -1.00. The maximum Gasteiger partial charge on any atom is 0.127 e. The number of hydrogen-bond donors (Lipinski definition) is 2. The minimum Gasteiger partial charge on any atom is -0.328 e. The van der Waals surface area contributed by atoms with Crippen molar-refractivity contribution in [3.8, 4) is 0 Å². The van der Waals surface area contributed by atoms with Gasteiger partial charge in [-0.3, -0.25) is 0 Å². The van der Waals surface area contributed by atoms with Gasteiger partial charge in [0.1, 0.15) is 26.2 Å². The molecule has 1 aliphatic heterocycles. The van der Waals surface area contributed by atoms with Crippen LogP contribution in [0.2, 0.25) is 0 Å². The molecule has 1 fully saturated rings. The molecule has 0 aromatic rings. The molecule has 0 unspecified atom stereocenters. The SMILES string of the molecule is C/C=C(\C)C[NH+]1CC[NH+](C)CC1. The Balaban J connectivity index is 2.26. The minimum absolute atomic E-state index is 1.25. The van der Waals surface area contributed by atoms with Gasteiger partial charge in [-0.15, -0.1) is 0 Å². The second-order valence-corrected chi connectivity index (χ2v) is 4.02. The maximum absolute atomic E-state index is 2.29. The van der Waals surface area contributed by atoms with Gasteiger partial charge in [0.2, 0.25) is 0 Å². The van der Waals surface area contributed by atoms with E-state index in [9.17, 15) is 0 Å². The van der Waals surface area contributed by atoms with Crippen molar-refractivity contribution in [3.05, 3.63) is 11.6 Å². The van der Waals surface area contributed by atoms with Gasteiger partial charge in [-0.1, -0.05) is 6.08 Å². The second-order valence-electron chi connectivity index (χ2n) is 4.02. The molecule has 0 spiro atoms. The van der Waals surface area contributed by atoms with Crippen molar-refractivity contribution in [2.24, 2.45) is 0 Å². The van der Waals surface area contributed by atoms with E-state index in [-0.39, 0.29) is 0 Å². The largest absolute Gasteiger partial charge is 0.328 e. The third-order valence-corrected chi connectivity index (χ3v) is 2.83. The molecule has 0 aromatic carbocycles. The van der Waals surface area contributed by atoms with E-state index in [1.807, 2.05) is 0 Å². The van der Waals surface area contributed by atoms with Crippen molar-refractivity contribution < 1.29 is 9.80 Å². The van der Waals surface area contributed by atoms with Gasteiger partial charge in [-0.2, -0.15) is 0 Å². The third-order valence-electron chi connectivity index (χ3n) is 2.83. The van der Waals surface area contributed by atoms with Gasteiger partial charge in [0.15, 0.2) is 0 Å². The molecule has 12 heavy (non-hydrogen) atoms. The minimum atomic E-state index is 1.25. The lowest BCUT2D eigenvalue weighted by Crippen LogP contribution is -3.27. The summed E-state index contributed by atoms with van der Waals surface area (Å²) in [4.78, 5) is 3.45. The number of hydrogen-bond acceptors (Lipinski definition) is 0. The highest BCUT2D eigenvalue weighted by Crippen LogP contribution is 1.84. The average molecular weight is 170 g/mol. The summed E-state index contributed by atoms with van der Waals surface area (Å²) in [6, 6.07) is 0. The fraction of sp³-hybridized carbons (Fsp3) is 0.800. The summed E-state index contributed by atoms with van der Waals surface area (Å²) in [5.41, 5.74) is 1.53. The molecule has 1 rings (SSSR count). The summed E-state index contributed by atoms with van der Waals surface area (Å²) < 4.78 is 0. The lowest BCUT2D eigenvalue weighted by atomic mass is 10.2. The zero-order valence-electron chi connectivity index (χ0n) is 8.61. The van der Waals surface area contributed by atoms with E-state index in [0.29, 0.717) is 0 Å². The van der Waals surface area contributed by atoms with E-state index in [1.165, 1.54) is 38.3 Å². The highest BCUT2D eigenvalue weighted by Gasteiger charge is 2.19. The summed E-state index contributed by atoms with van der Waals surface area (Å²) in [5, 5.41) is 0. The Kier molecular flexibility index (Phi) is 3.76. The highest BCUT2D eigenvalue weighted by molar-refractivity contribution is 4.94. The van der Waals surface area contributed by atoms with E-state index >= 15 is 0 Å². The van der Waals surface area contributed by atoms with Crippen molar-refractivity contribution in [2.45, 2.75) is 13.8 Å². The topological polar surface area (TPSA) is 8.88 Å². The molecule has 0 aromatic heterocycles. The summed E-state index contributed by atoms with van der Waals surface area (Å²) in [5.74, 6) is 0. The Bertz CT molecular complexity index is 155. The van der Waals surface area contributed by atoms with Crippen LogP contribution >= 0.6 is 0 Å². The molecule has 1 aliphatic rings. The van der Waals surface area contributed by atoms with Gasteiger partial charge in [-0.05, 0) is 19.4 Å². The summed E-state index contributed by atoms with van der Waals surface area (Å²) >= 11 is 0. The van der Waals surface area contributed by atoms with Crippen LogP contribution in [0.25, 0.3) is 0 Å². The molecular formula is C10H22N2+2. The number of piperazine rings is 1. The van der Waals surface area contributed by atoms with E-state index < -0.39 is 0 Å². The predicted molar refractivity (Wildman–Crippen MR) is 51.6 cm³/mol. The van der Waals surface area contributed by atoms with E-state index in [4.69, 9.17) is 0 Å². The molecule has 2 nitrogen and oxygen atoms in total. The van der Waals surface area contributed by atoms with Gasteiger partial charge in [0, 0.05) is 0 Å². The van der Waals surface area contributed by atoms with Crippen LogP contribution in [0.3, 0.4) is 0 Å². The predicted octanol–water partition coefficient (Wildman–Crippen LogP) is -1.63. The van der Waals surface area contributed by atoms with Gasteiger partial charge in [0.25, 0.3) is 0 Å². The normalized spacial score (nSPS) is 32.1. The van der Waals surface area contributed by atoms with E-state index in [1.54, 1.807) is 9.80 Å². The monoisotopic (exact) mass is 170 g/mol. The van der Waals surface area contributed by atoms with Crippen molar-refractivity contribution in [3.63, 3.8) is 0 Å². The number of quaternary nitrogens is 2. The van der Waals surface area contributed by atoms with Crippen molar-refractivity contribution >= 4 is 0 Å². The van der Waals surface area contributed by atoms with Crippen LogP contribution < -0.4 is 9.80 Å². The number of allylic oxidation sites excluding steroid dienone is 1. The first-order chi connectivity index (χ1) is 5.72. The van der Waals surface area contributed by atoms with Gasteiger partial charge >= 0.3 is 0 Å². The third kappa shape index (κ3) is 2.95. The fourth-order valence-corrected chi connectivity index (χ4v) is 1.70. The van der Waals surface area contributed by atoms with Crippen molar-refractivity contribution in [2.75, 3.05) is 39.8 Å². The standard InChI is InChI=1S/C10H20N2/c1-4-10(2)9-12-7-5-11(3)6-8-12/h4H,5-9H2,1-3H3/p+2/b10-4+. The zero-order chi connectivity index (χ0) is 8.97. The molecule has 2 N–H and O–H groups in total. The molecular weight excluding hydrogens is 148 g/mol. The van der Waals surface area contributed by atoms with E-state index in [2.05, 4.69) is 27.0 Å². The first kappa shape index (κ1) is 9.75. The fourth-order valence-electron chi connectivity index (χ4n) is 1.70. The molecule has 1 saturated heterocycles. The lowest BCUT2D eigenvalue weighted by Gasteiger charge is -2.27. The van der Waals surface area contributed by atoms with Crippen LogP contribution in [-0.2, 0) is 0 Å². The first-order valence-corrected chi connectivity index (χ1v) is 4.99. The molecule has 0 saturated carbocycles. The first-order valence-electron chi connectivity index (χ1n) is 4.99. The van der Waals surface area contributed by atoms with Crippen LogP contribution in [0.1, 0.15) is 13.8 Å². The molecule has 0 atom stereocenters. The maximum atomic E-state index is 2.29. The van der Waals surface area contributed by atoms with E-state index in [0.717, 1.165) is 0 Å². The van der Waals surface area contributed by atoms with Crippen LogP contribution in [0.15, 0.2) is 11.6 Å². The smallest absolute Gasteiger partial charge is 0.127 e. The van der Waals surface area contributed by atoms with Gasteiger partial charge in [-0.25, -0.2) is 0 Å². The summed E-state index contributed by atoms with van der Waals surface area (Å²) in [6.45, 7) is 11.0. The van der Waals surface area contributed by atoms with Crippen LogP contribution in [0.5, 0.6) is 0 Å². The van der Waals surface area contributed by atoms with Gasteiger partial charge in [0.05, 0.1) is 13.6 Å². The molecule has 2 heteroatoms. The van der Waals surface area contributed by atoms with Gasteiger partial charge < -0.3 is 9.80 Å². The van der Waals surface area contributed by atoms with Crippen LogP contribution in [0.4, 0.5) is 0 Å². The summed E-state index contributed by atoms with van der Waals surface area (Å²) in [7, 11) is 2.29.